The highest BCUT2D eigenvalue weighted by atomic mass is 32.2. The van der Waals surface area contributed by atoms with Crippen molar-refractivity contribution >= 4 is 56.5 Å². The molecule has 0 aliphatic carbocycles. The van der Waals surface area contributed by atoms with Gasteiger partial charge in [0.1, 0.15) is 30.0 Å². The topological polar surface area (TPSA) is 102 Å². The molecule has 10 heteroatoms. The molecule has 0 radical (unpaired) electrons. The lowest BCUT2D eigenvalue weighted by Gasteiger charge is -2.23. The Bertz CT molecular complexity index is 2030. The standard InChI is InChI=1S/C36H29N3O5S2/c1-3-16-43-27-12-7-10-23(19-27)31-30(32(40)24-14-15-29-26(18-24)17-21(2)44-29)33(41)34(42)39(31)35-37-38-36(46-35)45-20-25-11-6-9-22-8-4-5-13-28(22)25/h3-15,18-19,21,31,40H,1,16-17,20H2,2H3/b32-30+/t21-,31+/m0/s1. The lowest BCUT2D eigenvalue weighted by molar-refractivity contribution is -0.132. The summed E-state index contributed by atoms with van der Waals surface area (Å²) in [5.41, 5.74) is 3.07. The van der Waals surface area contributed by atoms with Crippen molar-refractivity contribution in [1.82, 2.24) is 10.2 Å². The van der Waals surface area contributed by atoms with Crippen LogP contribution in [0.15, 0.2) is 107 Å². The number of ketones is 1. The van der Waals surface area contributed by atoms with Crippen LogP contribution in [-0.2, 0) is 21.8 Å². The number of anilines is 1. The first kappa shape index (κ1) is 29.8. The summed E-state index contributed by atoms with van der Waals surface area (Å²) in [6.45, 7) is 5.97. The molecule has 0 saturated carbocycles. The Kier molecular flexibility index (Phi) is 8.06. The van der Waals surface area contributed by atoms with E-state index < -0.39 is 17.7 Å². The molecule has 8 nitrogen and oxygen atoms in total. The Morgan fingerprint density at radius 1 is 1.09 bits per heavy atom. The number of fused-ring (bicyclic) bond motifs is 2. The SMILES string of the molecule is C=CCOc1cccc([C@@H]2/C(=C(\O)c3ccc4c(c3)C[C@H](C)O4)C(=O)C(=O)N2c2nnc(SCc3cccc4ccccc34)s2)c1. The molecular weight excluding hydrogens is 619 g/mol. The molecule has 1 amide bonds. The van der Waals surface area contributed by atoms with Crippen LogP contribution in [0.2, 0.25) is 0 Å². The molecule has 4 aromatic carbocycles. The van der Waals surface area contributed by atoms with Gasteiger partial charge in [0.25, 0.3) is 5.78 Å². The van der Waals surface area contributed by atoms with E-state index in [4.69, 9.17) is 9.47 Å². The molecule has 46 heavy (non-hydrogen) atoms. The second kappa shape index (κ2) is 12.5. The van der Waals surface area contributed by atoms with Crippen molar-refractivity contribution in [3.8, 4) is 11.5 Å². The largest absolute Gasteiger partial charge is 0.507 e. The monoisotopic (exact) mass is 647 g/mol. The number of aliphatic hydroxyl groups is 1. The molecule has 2 atom stereocenters. The van der Waals surface area contributed by atoms with Crippen LogP contribution in [0.4, 0.5) is 5.13 Å². The molecule has 0 spiro atoms. The number of Topliss-reactive ketones (excluding diaryl/α,β-unsaturated/α-hetero) is 1. The molecule has 5 aromatic rings. The van der Waals surface area contributed by atoms with Gasteiger partial charge in [-0.05, 0) is 64.7 Å². The van der Waals surface area contributed by atoms with Crippen LogP contribution in [0.3, 0.4) is 0 Å². The van der Waals surface area contributed by atoms with Crippen molar-refractivity contribution in [1.29, 1.82) is 0 Å². The summed E-state index contributed by atoms with van der Waals surface area (Å²) in [6, 6.07) is 25.9. The highest BCUT2D eigenvalue weighted by Crippen LogP contribution is 2.45. The molecule has 1 saturated heterocycles. The minimum absolute atomic E-state index is 0.0152. The average Bonchev–Trinajstić information content (AvgIpc) is 3.77. The van der Waals surface area contributed by atoms with Gasteiger partial charge in [-0.3, -0.25) is 14.5 Å². The van der Waals surface area contributed by atoms with Crippen molar-refractivity contribution < 1.29 is 24.2 Å². The van der Waals surface area contributed by atoms with Crippen LogP contribution >= 0.6 is 23.1 Å². The zero-order valence-corrected chi connectivity index (χ0v) is 26.5. The number of hydrogen-bond acceptors (Lipinski definition) is 9. The van der Waals surface area contributed by atoms with Crippen molar-refractivity contribution in [2.75, 3.05) is 11.5 Å². The van der Waals surface area contributed by atoms with Gasteiger partial charge in [-0.1, -0.05) is 90.4 Å². The molecule has 1 N–H and O–H groups in total. The molecule has 3 heterocycles. The highest BCUT2D eigenvalue weighted by molar-refractivity contribution is 8.00. The number of amides is 1. The van der Waals surface area contributed by atoms with Crippen molar-refractivity contribution in [2.45, 2.75) is 35.6 Å². The molecule has 0 bridgehead atoms. The van der Waals surface area contributed by atoms with E-state index in [2.05, 4.69) is 41.0 Å². The van der Waals surface area contributed by atoms with E-state index in [0.29, 0.717) is 33.4 Å². The zero-order valence-electron chi connectivity index (χ0n) is 24.9. The van der Waals surface area contributed by atoms with Crippen LogP contribution in [0.5, 0.6) is 11.5 Å². The van der Waals surface area contributed by atoms with Gasteiger partial charge in [-0.25, -0.2) is 0 Å². The Labute approximate surface area is 274 Å². The van der Waals surface area contributed by atoms with Crippen LogP contribution in [0, 0.1) is 0 Å². The molecule has 230 valence electrons. The van der Waals surface area contributed by atoms with Crippen LogP contribution in [0.25, 0.3) is 16.5 Å². The quantitative estimate of drug-likeness (QED) is 0.0438. The van der Waals surface area contributed by atoms with Gasteiger partial charge in [0.05, 0.1) is 11.6 Å². The number of aliphatic hydroxyl groups excluding tert-OH is 1. The summed E-state index contributed by atoms with van der Waals surface area (Å²) < 4.78 is 12.2. The predicted molar refractivity (Wildman–Crippen MR) is 181 cm³/mol. The number of ether oxygens (including phenoxy) is 2. The van der Waals surface area contributed by atoms with E-state index in [1.54, 1.807) is 42.5 Å². The minimum atomic E-state index is -0.959. The van der Waals surface area contributed by atoms with Gasteiger partial charge in [-0.2, -0.15) is 0 Å². The van der Waals surface area contributed by atoms with E-state index in [1.165, 1.54) is 33.4 Å². The van der Waals surface area contributed by atoms with Gasteiger partial charge in [0.2, 0.25) is 5.13 Å². The lowest BCUT2D eigenvalue weighted by atomic mass is 9.94. The predicted octanol–water partition coefficient (Wildman–Crippen LogP) is 7.50. The Morgan fingerprint density at radius 3 is 2.78 bits per heavy atom. The fourth-order valence-electron chi connectivity index (χ4n) is 5.92. The number of carbonyl (C=O) groups is 2. The summed E-state index contributed by atoms with van der Waals surface area (Å²) in [5.74, 6) is 0.0853. The van der Waals surface area contributed by atoms with Gasteiger partial charge in [0.15, 0.2) is 4.34 Å². The number of aromatic nitrogens is 2. The van der Waals surface area contributed by atoms with Crippen molar-refractivity contribution in [3.63, 3.8) is 0 Å². The van der Waals surface area contributed by atoms with E-state index >= 15 is 0 Å². The normalized spacial score (nSPS) is 18.5. The van der Waals surface area contributed by atoms with Gasteiger partial charge in [0, 0.05) is 17.7 Å². The molecule has 1 fully saturated rings. The smallest absolute Gasteiger partial charge is 0.301 e. The maximum Gasteiger partial charge on any atom is 0.301 e. The van der Waals surface area contributed by atoms with E-state index in [0.717, 1.165) is 22.3 Å². The van der Waals surface area contributed by atoms with Crippen LogP contribution in [0.1, 0.15) is 35.2 Å². The molecule has 0 unspecified atom stereocenters. The third-order valence-corrected chi connectivity index (χ3v) is 10.1. The molecule has 1 aromatic heterocycles. The number of thioether (sulfide) groups is 1. The van der Waals surface area contributed by atoms with Gasteiger partial charge < -0.3 is 14.6 Å². The first-order chi connectivity index (χ1) is 22.4. The van der Waals surface area contributed by atoms with E-state index in [-0.39, 0.29) is 29.2 Å². The summed E-state index contributed by atoms with van der Waals surface area (Å²) in [6.07, 6.45) is 2.33. The summed E-state index contributed by atoms with van der Waals surface area (Å²) >= 11 is 2.74. The highest BCUT2D eigenvalue weighted by Gasteiger charge is 2.48. The summed E-state index contributed by atoms with van der Waals surface area (Å²) in [7, 11) is 0. The Balaban J connectivity index is 1.26. The number of hydrogen-bond donors (Lipinski definition) is 1. The van der Waals surface area contributed by atoms with Gasteiger partial charge in [-0.15, -0.1) is 10.2 Å². The number of rotatable bonds is 9. The molecule has 2 aliphatic rings. The maximum atomic E-state index is 13.8. The maximum absolute atomic E-state index is 13.8. The second-order valence-corrected chi connectivity index (χ2v) is 13.3. The number of carbonyl (C=O) groups excluding carboxylic acids is 2. The summed E-state index contributed by atoms with van der Waals surface area (Å²) in [5, 5.41) is 23.0. The minimum Gasteiger partial charge on any atom is -0.507 e. The Hall–Kier alpha value is -4.93. The second-order valence-electron chi connectivity index (χ2n) is 11.1. The fraction of sp³-hybridized carbons (Fsp3) is 0.167. The van der Waals surface area contributed by atoms with Crippen LogP contribution < -0.4 is 14.4 Å². The average molecular weight is 648 g/mol. The lowest BCUT2D eigenvalue weighted by Crippen LogP contribution is -2.29. The molecule has 2 aliphatic heterocycles. The van der Waals surface area contributed by atoms with Crippen molar-refractivity contribution in [3.05, 3.63) is 125 Å². The van der Waals surface area contributed by atoms with E-state index in [9.17, 15) is 14.7 Å². The number of benzene rings is 4. The summed E-state index contributed by atoms with van der Waals surface area (Å²) in [4.78, 5) is 28.8. The third kappa shape index (κ3) is 5.54. The first-order valence-corrected chi connectivity index (χ1v) is 16.6. The zero-order chi connectivity index (χ0) is 31.8. The molecule has 7 rings (SSSR count). The third-order valence-electron chi connectivity index (χ3n) is 7.99. The molecular formula is C36H29N3O5S2. The number of nitrogens with zero attached hydrogens (tertiary/aromatic N) is 3. The van der Waals surface area contributed by atoms with E-state index in [1.807, 2.05) is 31.2 Å². The fourth-order valence-corrected chi connectivity index (χ4v) is 7.79. The van der Waals surface area contributed by atoms with Crippen LogP contribution in [-0.4, -0.2) is 39.7 Å². The Morgan fingerprint density at radius 2 is 1.91 bits per heavy atom. The first-order valence-electron chi connectivity index (χ1n) is 14.8. The van der Waals surface area contributed by atoms with Gasteiger partial charge >= 0.3 is 5.91 Å². The van der Waals surface area contributed by atoms with Crippen molar-refractivity contribution in [2.24, 2.45) is 0 Å².